The van der Waals surface area contributed by atoms with Crippen molar-refractivity contribution in [3.63, 3.8) is 0 Å². The summed E-state index contributed by atoms with van der Waals surface area (Å²) in [4.78, 5) is -0.0393. The first kappa shape index (κ1) is 17.7. The standard InChI is InChI=1S/C13H17NO5S2/c1-11-5-6-13(12(10-11)4-3-8-15)21(18,19)14-7-9-20(2,16)17/h5-6,10,14-15H,7-9H2,1-2H3. The summed E-state index contributed by atoms with van der Waals surface area (Å²) in [6.07, 6.45) is 1.03. The maximum atomic E-state index is 12.2. The van der Waals surface area contributed by atoms with Crippen LogP contribution < -0.4 is 4.72 Å². The van der Waals surface area contributed by atoms with Gasteiger partial charge < -0.3 is 5.11 Å². The van der Waals surface area contributed by atoms with Crippen LogP contribution >= 0.6 is 0 Å². The lowest BCUT2D eigenvalue weighted by Gasteiger charge is -2.09. The van der Waals surface area contributed by atoms with E-state index in [-0.39, 0.29) is 29.4 Å². The van der Waals surface area contributed by atoms with E-state index in [1.807, 2.05) is 0 Å². The number of hydrogen-bond donors (Lipinski definition) is 2. The monoisotopic (exact) mass is 331 g/mol. The summed E-state index contributed by atoms with van der Waals surface area (Å²) in [5.74, 6) is 4.70. The molecule has 0 aliphatic heterocycles. The predicted octanol–water partition coefficient (Wildman–Crippen LogP) is -0.338. The van der Waals surface area contributed by atoms with E-state index in [2.05, 4.69) is 16.6 Å². The fourth-order valence-corrected chi connectivity index (χ4v) is 3.32. The normalized spacial score (nSPS) is 11.8. The highest BCUT2D eigenvalue weighted by atomic mass is 32.2. The van der Waals surface area contributed by atoms with E-state index >= 15 is 0 Å². The molecule has 0 atom stereocenters. The zero-order valence-electron chi connectivity index (χ0n) is 11.8. The van der Waals surface area contributed by atoms with Crippen molar-refractivity contribution in [2.45, 2.75) is 11.8 Å². The van der Waals surface area contributed by atoms with E-state index in [9.17, 15) is 16.8 Å². The highest BCUT2D eigenvalue weighted by Gasteiger charge is 2.18. The van der Waals surface area contributed by atoms with Gasteiger partial charge in [-0.1, -0.05) is 17.9 Å². The third kappa shape index (κ3) is 5.85. The SMILES string of the molecule is Cc1ccc(S(=O)(=O)NCCS(C)(=O)=O)c(C#CCO)c1. The molecule has 0 unspecified atom stereocenters. The molecule has 0 saturated heterocycles. The average molecular weight is 331 g/mol. The quantitative estimate of drug-likeness (QED) is 0.719. The summed E-state index contributed by atoms with van der Waals surface area (Å²) in [6, 6.07) is 4.61. The van der Waals surface area contributed by atoms with Gasteiger partial charge in [-0.3, -0.25) is 0 Å². The Labute approximate surface area is 125 Å². The van der Waals surface area contributed by atoms with Crippen molar-refractivity contribution < 1.29 is 21.9 Å². The van der Waals surface area contributed by atoms with Crippen LogP contribution in [0.25, 0.3) is 0 Å². The van der Waals surface area contributed by atoms with Gasteiger partial charge in [0.1, 0.15) is 16.4 Å². The van der Waals surface area contributed by atoms with E-state index < -0.39 is 19.9 Å². The van der Waals surface area contributed by atoms with Gasteiger partial charge in [0.15, 0.2) is 0 Å². The van der Waals surface area contributed by atoms with Gasteiger partial charge in [0.25, 0.3) is 0 Å². The Balaban J connectivity index is 3.08. The maximum absolute atomic E-state index is 12.2. The minimum Gasteiger partial charge on any atom is -0.384 e. The molecule has 1 rings (SSSR count). The van der Waals surface area contributed by atoms with Gasteiger partial charge in [-0.2, -0.15) is 0 Å². The molecule has 0 spiro atoms. The molecule has 0 aliphatic rings. The Bertz CT molecular complexity index is 771. The molecule has 0 aromatic heterocycles. The number of sulfone groups is 1. The number of rotatable bonds is 5. The molecule has 0 amide bonds. The minimum absolute atomic E-state index is 0.0393. The number of benzene rings is 1. The summed E-state index contributed by atoms with van der Waals surface area (Å²) in [7, 11) is -7.11. The fourth-order valence-electron chi connectivity index (χ4n) is 1.55. The van der Waals surface area contributed by atoms with Crippen molar-refractivity contribution in [2.75, 3.05) is 25.2 Å². The molecular formula is C13H17NO5S2. The van der Waals surface area contributed by atoms with Gasteiger partial charge in [-0.05, 0) is 24.6 Å². The Morgan fingerprint density at radius 1 is 1.24 bits per heavy atom. The lowest BCUT2D eigenvalue weighted by molar-refractivity contribution is 0.350. The lowest BCUT2D eigenvalue weighted by atomic mass is 10.1. The topological polar surface area (TPSA) is 101 Å². The van der Waals surface area contributed by atoms with E-state index in [0.717, 1.165) is 11.8 Å². The van der Waals surface area contributed by atoms with Crippen molar-refractivity contribution in [1.29, 1.82) is 0 Å². The van der Waals surface area contributed by atoms with Gasteiger partial charge in [-0.25, -0.2) is 21.6 Å². The summed E-state index contributed by atoms with van der Waals surface area (Å²) in [6.45, 7) is 1.20. The average Bonchev–Trinajstić information content (AvgIpc) is 2.34. The summed E-state index contributed by atoms with van der Waals surface area (Å²) >= 11 is 0. The Kier molecular flexibility index (Phi) is 5.92. The van der Waals surface area contributed by atoms with Crippen LogP contribution in [0.4, 0.5) is 0 Å². The lowest BCUT2D eigenvalue weighted by Crippen LogP contribution is -2.29. The van der Waals surface area contributed by atoms with Gasteiger partial charge >= 0.3 is 0 Å². The Morgan fingerprint density at radius 3 is 2.48 bits per heavy atom. The van der Waals surface area contributed by atoms with Crippen LogP contribution in [-0.2, 0) is 19.9 Å². The Morgan fingerprint density at radius 2 is 1.90 bits per heavy atom. The van der Waals surface area contributed by atoms with Crippen LogP contribution in [0.15, 0.2) is 23.1 Å². The number of aliphatic hydroxyl groups excluding tert-OH is 1. The molecule has 0 saturated carbocycles. The van der Waals surface area contributed by atoms with E-state index in [1.54, 1.807) is 19.1 Å². The largest absolute Gasteiger partial charge is 0.384 e. The van der Waals surface area contributed by atoms with Gasteiger partial charge in [0, 0.05) is 18.4 Å². The summed E-state index contributed by atoms with van der Waals surface area (Å²) in [5, 5.41) is 8.72. The fraction of sp³-hybridized carbons (Fsp3) is 0.385. The van der Waals surface area contributed by atoms with Crippen LogP contribution in [0.2, 0.25) is 0 Å². The van der Waals surface area contributed by atoms with Crippen LogP contribution in [0, 0.1) is 18.8 Å². The molecule has 1 aromatic rings. The molecule has 1 aromatic carbocycles. The molecule has 116 valence electrons. The zero-order valence-corrected chi connectivity index (χ0v) is 13.4. The molecule has 8 heteroatoms. The first-order valence-corrected chi connectivity index (χ1v) is 9.58. The van der Waals surface area contributed by atoms with E-state index in [1.165, 1.54) is 6.07 Å². The smallest absolute Gasteiger partial charge is 0.241 e. The van der Waals surface area contributed by atoms with Crippen LogP contribution in [-0.4, -0.2) is 47.1 Å². The number of sulfonamides is 1. The molecule has 0 radical (unpaired) electrons. The van der Waals surface area contributed by atoms with Gasteiger partial charge in [0.2, 0.25) is 10.0 Å². The molecule has 21 heavy (non-hydrogen) atoms. The highest BCUT2D eigenvalue weighted by Crippen LogP contribution is 2.16. The molecule has 0 bridgehead atoms. The van der Waals surface area contributed by atoms with Crippen LogP contribution in [0.1, 0.15) is 11.1 Å². The van der Waals surface area contributed by atoms with Crippen LogP contribution in [0.3, 0.4) is 0 Å². The first-order chi connectivity index (χ1) is 9.65. The molecule has 0 fully saturated rings. The molecule has 0 heterocycles. The number of aryl methyl sites for hydroxylation is 1. The second-order valence-electron chi connectivity index (χ2n) is 4.49. The van der Waals surface area contributed by atoms with E-state index in [4.69, 9.17) is 5.11 Å². The molecule has 6 nitrogen and oxygen atoms in total. The Hall–Kier alpha value is -1.40. The molecule has 0 aliphatic carbocycles. The maximum Gasteiger partial charge on any atom is 0.241 e. The van der Waals surface area contributed by atoms with Crippen molar-refractivity contribution >= 4 is 19.9 Å². The zero-order chi connectivity index (χ0) is 16.1. The molecule has 2 N–H and O–H groups in total. The second kappa shape index (κ2) is 7.04. The van der Waals surface area contributed by atoms with Crippen molar-refractivity contribution in [2.24, 2.45) is 0 Å². The summed E-state index contributed by atoms with van der Waals surface area (Å²) in [5.41, 5.74) is 1.09. The first-order valence-electron chi connectivity index (χ1n) is 6.03. The number of nitrogens with one attached hydrogen (secondary N) is 1. The van der Waals surface area contributed by atoms with Gasteiger partial charge in [-0.15, -0.1) is 0 Å². The third-order valence-corrected chi connectivity index (χ3v) is 4.96. The van der Waals surface area contributed by atoms with Gasteiger partial charge in [0.05, 0.1) is 10.6 Å². The number of aliphatic hydroxyl groups is 1. The van der Waals surface area contributed by atoms with Crippen molar-refractivity contribution in [1.82, 2.24) is 4.72 Å². The van der Waals surface area contributed by atoms with E-state index in [0.29, 0.717) is 0 Å². The van der Waals surface area contributed by atoms with Crippen molar-refractivity contribution in [3.05, 3.63) is 29.3 Å². The highest BCUT2D eigenvalue weighted by molar-refractivity contribution is 7.91. The second-order valence-corrected chi connectivity index (χ2v) is 8.48. The minimum atomic E-state index is -3.86. The summed E-state index contributed by atoms with van der Waals surface area (Å²) < 4.78 is 48.6. The predicted molar refractivity (Wildman–Crippen MR) is 80.0 cm³/mol. The van der Waals surface area contributed by atoms with Crippen LogP contribution in [0.5, 0.6) is 0 Å². The number of hydrogen-bond acceptors (Lipinski definition) is 5. The molecular weight excluding hydrogens is 314 g/mol. The van der Waals surface area contributed by atoms with Crippen molar-refractivity contribution in [3.8, 4) is 11.8 Å². The third-order valence-electron chi connectivity index (χ3n) is 2.49.